The van der Waals surface area contributed by atoms with E-state index in [-0.39, 0.29) is 0 Å². The molecule has 0 radical (unpaired) electrons. The van der Waals surface area contributed by atoms with Crippen molar-refractivity contribution in [2.24, 2.45) is 10.3 Å². The van der Waals surface area contributed by atoms with Gasteiger partial charge in [0.2, 0.25) is 0 Å². The summed E-state index contributed by atoms with van der Waals surface area (Å²) < 4.78 is 23.0. The van der Waals surface area contributed by atoms with Gasteiger partial charge in [-0.05, 0) is 26.7 Å². The monoisotopic (exact) mass is 307 g/mol. The summed E-state index contributed by atoms with van der Waals surface area (Å²) in [4.78, 5) is 0. The molecule has 0 amide bonds. The van der Waals surface area contributed by atoms with E-state index in [4.69, 9.17) is 14.3 Å². The van der Waals surface area contributed by atoms with Crippen LogP contribution < -0.4 is 5.20 Å². The largest absolute Gasteiger partial charge is 0.448 e. The van der Waals surface area contributed by atoms with E-state index in [2.05, 4.69) is 15.5 Å². The van der Waals surface area contributed by atoms with E-state index in [1.165, 1.54) is 0 Å². The van der Waals surface area contributed by atoms with Crippen molar-refractivity contribution in [3.8, 4) is 0 Å². The molecule has 0 fully saturated rings. The molecule has 0 heterocycles. The molecule has 7 nitrogen and oxygen atoms in total. The van der Waals surface area contributed by atoms with Crippen LogP contribution in [0, 0.1) is 0 Å². The van der Waals surface area contributed by atoms with Gasteiger partial charge in [0.25, 0.3) is 0 Å². The zero-order valence-electron chi connectivity index (χ0n) is 12.8. The van der Waals surface area contributed by atoms with Crippen LogP contribution in [0.1, 0.15) is 53.4 Å². The molecule has 0 aromatic carbocycles. The topological polar surface area (TPSA) is 92.5 Å². The van der Waals surface area contributed by atoms with Crippen LogP contribution in [0.4, 0.5) is 0 Å². The number of nitrogens with zero attached hydrogens (tertiary/aromatic N) is 2. The first-order valence-electron chi connectivity index (χ1n) is 6.88. The SMILES string of the molecule is CCCCOP(=O)(N/N=C(C)/C(C)=N/O)OCCCC. The fourth-order valence-electron chi connectivity index (χ4n) is 1.04. The minimum Gasteiger partial charge on any atom is -0.411 e. The van der Waals surface area contributed by atoms with Crippen LogP contribution in [0.25, 0.3) is 0 Å². The van der Waals surface area contributed by atoms with Gasteiger partial charge in [-0.15, -0.1) is 0 Å². The molecule has 0 aliphatic carbocycles. The number of nitrogens with one attached hydrogen (secondary N) is 1. The third-order valence-corrected chi connectivity index (χ3v) is 3.92. The van der Waals surface area contributed by atoms with Gasteiger partial charge in [-0.2, -0.15) is 5.10 Å². The molecule has 0 aliphatic rings. The second-order valence-corrected chi connectivity index (χ2v) is 6.06. The lowest BCUT2D eigenvalue weighted by Crippen LogP contribution is -2.15. The van der Waals surface area contributed by atoms with E-state index < -0.39 is 7.75 Å². The minimum absolute atomic E-state index is 0.325. The Morgan fingerprint density at radius 1 is 1.10 bits per heavy atom. The first-order valence-corrected chi connectivity index (χ1v) is 8.43. The zero-order valence-corrected chi connectivity index (χ0v) is 13.7. The van der Waals surface area contributed by atoms with Crippen LogP contribution >= 0.6 is 7.75 Å². The molecule has 20 heavy (non-hydrogen) atoms. The van der Waals surface area contributed by atoms with E-state index in [0.29, 0.717) is 24.6 Å². The van der Waals surface area contributed by atoms with Gasteiger partial charge in [-0.1, -0.05) is 31.8 Å². The Bertz CT molecular complexity index is 358. The van der Waals surface area contributed by atoms with Gasteiger partial charge in [0.1, 0.15) is 0 Å². The third-order valence-electron chi connectivity index (χ3n) is 2.53. The van der Waals surface area contributed by atoms with Crippen LogP contribution in [-0.4, -0.2) is 29.8 Å². The summed E-state index contributed by atoms with van der Waals surface area (Å²) in [6, 6.07) is 0. The maximum atomic E-state index is 12.4. The maximum absolute atomic E-state index is 12.4. The van der Waals surface area contributed by atoms with Crippen molar-refractivity contribution in [2.75, 3.05) is 13.2 Å². The normalized spacial score (nSPS) is 13.6. The van der Waals surface area contributed by atoms with Crippen LogP contribution in [-0.2, 0) is 13.6 Å². The van der Waals surface area contributed by atoms with E-state index in [9.17, 15) is 4.57 Å². The molecule has 0 aliphatic heterocycles. The summed E-state index contributed by atoms with van der Waals surface area (Å²) in [6.07, 6.45) is 3.46. The summed E-state index contributed by atoms with van der Waals surface area (Å²) in [7, 11) is -3.46. The fraction of sp³-hybridized carbons (Fsp3) is 0.833. The summed E-state index contributed by atoms with van der Waals surface area (Å²) in [6.45, 7) is 7.93. The molecule has 118 valence electrons. The second-order valence-electron chi connectivity index (χ2n) is 4.35. The molecular weight excluding hydrogens is 281 g/mol. The molecular formula is C12H26N3O4P. The third kappa shape index (κ3) is 8.30. The summed E-state index contributed by atoms with van der Waals surface area (Å²) >= 11 is 0. The highest BCUT2D eigenvalue weighted by Gasteiger charge is 2.24. The van der Waals surface area contributed by atoms with Crippen LogP contribution in [0.5, 0.6) is 0 Å². The highest BCUT2D eigenvalue weighted by molar-refractivity contribution is 7.51. The Hall–Kier alpha value is -0.910. The lowest BCUT2D eigenvalue weighted by Gasteiger charge is -2.17. The Balaban J connectivity index is 4.62. The van der Waals surface area contributed by atoms with Gasteiger partial charge in [0.15, 0.2) is 0 Å². The van der Waals surface area contributed by atoms with Gasteiger partial charge < -0.3 is 5.21 Å². The average molecular weight is 307 g/mol. The number of hydrogen-bond donors (Lipinski definition) is 2. The van der Waals surface area contributed by atoms with Crippen molar-refractivity contribution in [2.45, 2.75) is 53.4 Å². The van der Waals surface area contributed by atoms with Crippen molar-refractivity contribution in [3.63, 3.8) is 0 Å². The predicted octanol–water partition coefficient (Wildman–Crippen LogP) is 3.54. The number of hydrazone groups is 1. The molecule has 0 atom stereocenters. The predicted molar refractivity (Wildman–Crippen MR) is 80.5 cm³/mol. The Morgan fingerprint density at radius 3 is 2.00 bits per heavy atom. The van der Waals surface area contributed by atoms with E-state index in [1.807, 2.05) is 13.8 Å². The van der Waals surface area contributed by atoms with Crippen LogP contribution in [0.3, 0.4) is 0 Å². The quantitative estimate of drug-likeness (QED) is 0.200. The van der Waals surface area contributed by atoms with Crippen LogP contribution in [0.2, 0.25) is 0 Å². The van der Waals surface area contributed by atoms with Crippen molar-refractivity contribution >= 4 is 19.2 Å². The Kier molecular flexibility index (Phi) is 10.3. The zero-order chi connectivity index (χ0) is 15.4. The van der Waals surface area contributed by atoms with Gasteiger partial charge in [-0.25, -0.2) is 9.76 Å². The summed E-state index contributed by atoms with van der Waals surface area (Å²) in [5.41, 5.74) is 0.733. The molecule has 8 heteroatoms. The van der Waals surface area contributed by atoms with Crippen LogP contribution in [0.15, 0.2) is 10.3 Å². The summed E-state index contributed by atoms with van der Waals surface area (Å²) in [5, 5.41) is 18.0. The summed E-state index contributed by atoms with van der Waals surface area (Å²) in [5.74, 6) is 0. The van der Waals surface area contributed by atoms with Gasteiger partial charge in [0.05, 0.1) is 24.6 Å². The van der Waals surface area contributed by atoms with Gasteiger partial charge in [-0.3, -0.25) is 9.05 Å². The van der Waals surface area contributed by atoms with E-state index >= 15 is 0 Å². The van der Waals surface area contributed by atoms with E-state index in [1.54, 1.807) is 13.8 Å². The van der Waals surface area contributed by atoms with Crippen molar-refractivity contribution in [1.29, 1.82) is 0 Å². The van der Waals surface area contributed by atoms with Gasteiger partial charge in [0, 0.05) is 0 Å². The Morgan fingerprint density at radius 2 is 1.60 bits per heavy atom. The standard InChI is InChI=1S/C12H26N3O4P/c1-5-7-9-18-20(17,19-10-8-6-2)15-13-11(3)12(4)14-16/h16H,5-10H2,1-4H3,(H,15,17)/b13-11+,14-12+. The first kappa shape index (κ1) is 19.1. The Labute approximate surface area is 121 Å². The molecule has 2 N–H and O–H groups in total. The number of hydrogen-bond acceptors (Lipinski definition) is 6. The number of unbranched alkanes of at least 4 members (excludes halogenated alkanes) is 2. The lowest BCUT2D eigenvalue weighted by atomic mass is 10.3. The molecule has 0 aromatic heterocycles. The molecule has 0 bridgehead atoms. The second kappa shape index (κ2) is 10.8. The molecule has 0 saturated carbocycles. The molecule has 0 saturated heterocycles. The minimum atomic E-state index is -3.46. The van der Waals surface area contributed by atoms with Gasteiger partial charge >= 0.3 is 7.75 Å². The van der Waals surface area contributed by atoms with Crippen molar-refractivity contribution < 1.29 is 18.8 Å². The van der Waals surface area contributed by atoms with Crippen molar-refractivity contribution in [3.05, 3.63) is 0 Å². The van der Waals surface area contributed by atoms with E-state index in [0.717, 1.165) is 25.7 Å². The number of oxime groups is 1. The maximum Gasteiger partial charge on any atom is 0.448 e. The highest BCUT2D eigenvalue weighted by atomic mass is 31.2. The molecule has 0 rings (SSSR count). The highest BCUT2D eigenvalue weighted by Crippen LogP contribution is 2.44. The fourth-order valence-corrected chi connectivity index (χ4v) is 2.24. The average Bonchev–Trinajstić information content (AvgIpc) is 2.44. The number of rotatable bonds is 11. The van der Waals surface area contributed by atoms with Crippen molar-refractivity contribution in [1.82, 2.24) is 5.20 Å². The first-order chi connectivity index (χ1) is 9.49. The molecule has 0 spiro atoms. The lowest BCUT2D eigenvalue weighted by molar-refractivity contribution is 0.192. The molecule has 0 unspecified atom stereocenters. The molecule has 0 aromatic rings. The smallest absolute Gasteiger partial charge is 0.411 e.